The van der Waals surface area contributed by atoms with Crippen molar-refractivity contribution in [2.45, 2.75) is 36.3 Å². The summed E-state index contributed by atoms with van der Waals surface area (Å²) in [7, 11) is -4.82. The van der Waals surface area contributed by atoms with E-state index in [1.165, 1.54) is 0 Å². The lowest BCUT2D eigenvalue weighted by Gasteiger charge is -2.25. The summed E-state index contributed by atoms with van der Waals surface area (Å²) in [6.07, 6.45) is -8.30. The van der Waals surface area contributed by atoms with E-state index in [-0.39, 0.29) is 16.8 Å². The molecule has 1 aromatic carbocycles. The number of fused-ring (bicyclic) bond motifs is 1. The third-order valence-electron chi connectivity index (χ3n) is 4.91. The van der Waals surface area contributed by atoms with Gasteiger partial charge in [0.05, 0.1) is 23.5 Å². The molecule has 0 amide bonds. The van der Waals surface area contributed by atoms with E-state index in [0.717, 1.165) is 12.4 Å². The first-order valence-corrected chi connectivity index (χ1v) is 10.1. The van der Waals surface area contributed by atoms with Gasteiger partial charge in [-0.2, -0.15) is 45.6 Å². The Morgan fingerprint density at radius 3 is 2.29 bits per heavy atom. The van der Waals surface area contributed by atoms with Gasteiger partial charge in [-0.3, -0.25) is 0 Å². The lowest BCUT2D eigenvalue weighted by Crippen LogP contribution is -2.44. The Hall–Kier alpha value is -2.68. The Labute approximate surface area is 169 Å². The number of aromatic nitrogens is 4. The number of hydrogen-bond donors (Lipinski definition) is 1. The summed E-state index contributed by atoms with van der Waals surface area (Å²) in [4.78, 5) is 2.66. The topological polar surface area (TPSA) is 83.9 Å². The maximum absolute atomic E-state index is 14.5. The lowest BCUT2D eigenvalue weighted by atomic mass is 10.1. The number of alkyl halides is 6. The minimum absolute atomic E-state index is 0.0569. The van der Waals surface area contributed by atoms with E-state index in [4.69, 9.17) is 0 Å². The van der Waals surface area contributed by atoms with E-state index in [2.05, 4.69) is 15.2 Å². The first-order valence-electron chi connectivity index (χ1n) is 8.69. The maximum atomic E-state index is 14.5. The average molecular weight is 471 g/mol. The molecule has 1 N–H and O–H groups in total. The molecule has 4 rings (SSSR count). The molecule has 3 heterocycles. The van der Waals surface area contributed by atoms with Gasteiger partial charge in [0.1, 0.15) is 22.6 Å². The van der Waals surface area contributed by atoms with Crippen LogP contribution in [0.3, 0.4) is 0 Å². The molecule has 1 fully saturated rings. The molecule has 7 nitrogen and oxygen atoms in total. The number of nitrogens with one attached hydrogen (secondary N) is 1. The van der Waals surface area contributed by atoms with Gasteiger partial charge in [-0.1, -0.05) is 0 Å². The van der Waals surface area contributed by atoms with Crippen molar-refractivity contribution >= 4 is 20.9 Å². The van der Waals surface area contributed by atoms with Gasteiger partial charge in [0, 0.05) is 11.9 Å². The van der Waals surface area contributed by atoms with E-state index in [1.54, 1.807) is 0 Å². The second-order valence-corrected chi connectivity index (χ2v) is 8.67. The van der Waals surface area contributed by atoms with Crippen LogP contribution in [0.2, 0.25) is 0 Å². The smallest absolute Gasteiger partial charge is 0.342 e. The van der Waals surface area contributed by atoms with Crippen LogP contribution < -0.4 is 0 Å². The number of hydrogen-bond acceptors (Lipinski definition) is 4. The number of halogens is 7. The average Bonchev–Trinajstić information content (AvgIpc) is 3.39. The van der Waals surface area contributed by atoms with E-state index in [0.29, 0.717) is 10.9 Å². The van der Waals surface area contributed by atoms with E-state index in [1.807, 2.05) is 0 Å². The molecule has 0 unspecified atom stereocenters. The number of rotatable bonds is 3. The number of nitrogens with zero attached hydrogens (tertiary/aromatic N) is 4. The largest absolute Gasteiger partial charge is 0.418 e. The molecule has 1 aliphatic heterocycles. The monoisotopic (exact) mass is 471 g/mol. The zero-order chi connectivity index (χ0) is 22.8. The van der Waals surface area contributed by atoms with Crippen LogP contribution in [0.4, 0.5) is 30.7 Å². The standard InChI is InChI=1S/C16H12F7N5O2S/c17-10-7-9(15(18,19)20)14(28-24-3-4-25-28)8-6-12(26-13(8)10)31(29,30)27-5-1-2-11(27)16(21,22)23/h3-4,6-7,11,26H,1-2,5H2/t11-/m0/s1. The Bertz CT molecular complexity index is 1230. The molecule has 2 aromatic heterocycles. The Kier molecular flexibility index (Phi) is 4.81. The third-order valence-corrected chi connectivity index (χ3v) is 6.74. The summed E-state index contributed by atoms with van der Waals surface area (Å²) in [6, 6.07) is -1.48. The summed E-state index contributed by atoms with van der Waals surface area (Å²) in [5.74, 6) is -1.44. The SMILES string of the molecule is O=S(=O)(c1cc2c(-n3nccn3)c(C(F)(F)F)cc(F)c2[nH]1)N1CCC[C@H]1C(F)(F)F. The van der Waals surface area contributed by atoms with Crippen LogP contribution >= 0.6 is 0 Å². The lowest BCUT2D eigenvalue weighted by molar-refractivity contribution is -0.165. The van der Waals surface area contributed by atoms with Crippen LogP contribution in [0.15, 0.2) is 29.6 Å². The van der Waals surface area contributed by atoms with E-state index < -0.39 is 74.4 Å². The summed E-state index contributed by atoms with van der Waals surface area (Å²) in [6.45, 7) is -0.439. The van der Waals surface area contributed by atoms with Crippen LogP contribution in [0.5, 0.6) is 0 Å². The molecular weight excluding hydrogens is 459 g/mol. The summed E-state index contributed by atoms with van der Waals surface area (Å²) < 4.78 is 121. The first kappa shape index (κ1) is 21.5. The Balaban J connectivity index is 1.95. The molecule has 168 valence electrons. The summed E-state index contributed by atoms with van der Waals surface area (Å²) >= 11 is 0. The molecule has 15 heteroatoms. The van der Waals surface area contributed by atoms with Gasteiger partial charge < -0.3 is 4.98 Å². The second-order valence-electron chi connectivity index (χ2n) is 6.81. The third kappa shape index (κ3) is 3.54. The van der Waals surface area contributed by atoms with Gasteiger partial charge in [-0.05, 0) is 25.0 Å². The summed E-state index contributed by atoms with van der Waals surface area (Å²) in [5.41, 5.74) is -2.88. The van der Waals surface area contributed by atoms with Gasteiger partial charge >= 0.3 is 12.4 Å². The fourth-order valence-electron chi connectivity index (χ4n) is 3.60. The zero-order valence-electron chi connectivity index (χ0n) is 15.2. The minimum atomic E-state index is -5.05. The fraction of sp³-hybridized carbons (Fsp3) is 0.375. The van der Waals surface area contributed by atoms with Gasteiger partial charge in [-0.15, -0.1) is 0 Å². The van der Waals surface area contributed by atoms with Crippen molar-refractivity contribution in [1.29, 1.82) is 0 Å². The zero-order valence-corrected chi connectivity index (χ0v) is 16.0. The van der Waals surface area contributed by atoms with Crippen LogP contribution in [-0.2, 0) is 16.2 Å². The quantitative estimate of drug-likeness (QED) is 0.592. The predicted octanol–water partition coefficient (Wildman–Crippen LogP) is 3.62. The van der Waals surface area contributed by atoms with Gasteiger partial charge in [0.25, 0.3) is 10.0 Å². The highest BCUT2D eigenvalue weighted by atomic mass is 32.2. The highest BCUT2D eigenvalue weighted by molar-refractivity contribution is 7.89. The molecule has 0 spiro atoms. The van der Waals surface area contributed by atoms with Crippen molar-refractivity contribution in [3.8, 4) is 5.69 Å². The molecule has 1 atom stereocenters. The number of benzene rings is 1. The van der Waals surface area contributed by atoms with E-state index >= 15 is 0 Å². The van der Waals surface area contributed by atoms with Gasteiger partial charge in [-0.25, -0.2) is 12.8 Å². The van der Waals surface area contributed by atoms with Gasteiger partial charge in [0.15, 0.2) is 0 Å². The number of aromatic amines is 1. The van der Waals surface area contributed by atoms with Crippen molar-refractivity contribution in [2.24, 2.45) is 0 Å². The van der Waals surface area contributed by atoms with Crippen molar-refractivity contribution in [1.82, 2.24) is 24.3 Å². The molecule has 0 saturated carbocycles. The van der Waals surface area contributed by atoms with Crippen LogP contribution in [0, 0.1) is 5.82 Å². The number of H-pyrrole nitrogens is 1. The van der Waals surface area contributed by atoms with Gasteiger partial charge in [0.2, 0.25) is 0 Å². The normalized spacial score (nSPS) is 18.9. The van der Waals surface area contributed by atoms with E-state index in [9.17, 15) is 39.2 Å². The van der Waals surface area contributed by atoms with Crippen LogP contribution in [-0.4, -0.2) is 51.5 Å². The predicted molar refractivity (Wildman–Crippen MR) is 91.1 cm³/mol. The first-order chi connectivity index (χ1) is 14.3. The molecule has 0 radical (unpaired) electrons. The fourth-order valence-corrected chi connectivity index (χ4v) is 5.28. The molecular formula is C16H12F7N5O2S. The molecule has 0 aliphatic carbocycles. The maximum Gasteiger partial charge on any atom is 0.418 e. The van der Waals surface area contributed by atoms with Crippen LogP contribution in [0.1, 0.15) is 18.4 Å². The Morgan fingerprint density at radius 1 is 1.06 bits per heavy atom. The van der Waals surface area contributed by atoms with Crippen molar-refractivity contribution in [3.63, 3.8) is 0 Å². The van der Waals surface area contributed by atoms with Crippen molar-refractivity contribution < 1.29 is 39.2 Å². The highest BCUT2D eigenvalue weighted by Crippen LogP contribution is 2.41. The number of sulfonamides is 1. The second kappa shape index (κ2) is 6.91. The molecule has 0 bridgehead atoms. The van der Waals surface area contributed by atoms with Crippen molar-refractivity contribution in [2.75, 3.05) is 6.54 Å². The molecule has 3 aromatic rings. The van der Waals surface area contributed by atoms with Crippen molar-refractivity contribution in [3.05, 3.63) is 35.9 Å². The minimum Gasteiger partial charge on any atom is -0.342 e. The molecule has 1 aliphatic rings. The summed E-state index contributed by atoms with van der Waals surface area (Å²) in [5, 5.41) is 5.77. The molecule has 31 heavy (non-hydrogen) atoms. The molecule has 1 saturated heterocycles. The Morgan fingerprint density at radius 2 is 1.71 bits per heavy atom. The van der Waals surface area contributed by atoms with Crippen LogP contribution in [0.25, 0.3) is 16.6 Å². The highest BCUT2D eigenvalue weighted by Gasteiger charge is 2.51.